The van der Waals surface area contributed by atoms with Crippen LogP contribution in [0.3, 0.4) is 0 Å². The van der Waals surface area contributed by atoms with Crippen LogP contribution >= 0.6 is 0 Å². The fourth-order valence-electron chi connectivity index (χ4n) is 10.4. The fourth-order valence-corrected chi connectivity index (χ4v) is 10.4. The van der Waals surface area contributed by atoms with Crippen molar-refractivity contribution in [1.29, 1.82) is 0 Å². The van der Waals surface area contributed by atoms with Crippen LogP contribution in [0.25, 0.3) is 0 Å². The van der Waals surface area contributed by atoms with Crippen molar-refractivity contribution >= 4 is 0 Å². The summed E-state index contributed by atoms with van der Waals surface area (Å²) in [6.45, 7) is 2.88. The van der Waals surface area contributed by atoms with Gasteiger partial charge >= 0.3 is 0 Å². The molecular formula is C23H37NO7. The van der Waals surface area contributed by atoms with Gasteiger partial charge in [0.25, 0.3) is 0 Å². The minimum absolute atomic E-state index is 0.0180. The molecule has 1 spiro atoms. The molecule has 0 aromatic rings. The lowest BCUT2D eigenvalue weighted by atomic mass is 9.43. The summed E-state index contributed by atoms with van der Waals surface area (Å²) in [5, 5.41) is 38.9. The summed E-state index contributed by atoms with van der Waals surface area (Å²) in [5.41, 5.74) is -3.92. The maximum absolute atomic E-state index is 12.7. The third kappa shape index (κ3) is 1.93. The number of piperidine rings is 1. The molecule has 1 aliphatic heterocycles. The van der Waals surface area contributed by atoms with E-state index in [2.05, 4.69) is 6.92 Å². The quantitative estimate of drug-likeness (QED) is 0.571. The van der Waals surface area contributed by atoms with E-state index >= 15 is 0 Å². The van der Waals surface area contributed by atoms with Gasteiger partial charge in [-0.25, -0.2) is 0 Å². The van der Waals surface area contributed by atoms with Crippen molar-refractivity contribution in [2.24, 2.45) is 34.5 Å². The Morgan fingerprint density at radius 1 is 1.03 bits per heavy atom. The number of rotatable bonds is 4. The van der Waals surface area contributed by atoms with E-state index in [0.29, 0.717) is 19.4 Å². The van der Waals surface area contributed by atoms with E-state index < -0.39 is 34.9 Å². The predicted octanol–water partition coefficient (Wildman–Crippen LogP) is 0.186. The number of ether oxygens (including phenoxy) is 3. The van der Waals surface area contributed by atoms with E-state index in [0.717, 1.165) is 12.8 Å². The predicted molar refractivity (Wildman–Crippen MR) is 109 cm³/mol. The second kappa shape index (κ2) is 6.21. The molecule has 5 aliphatic carbocycles. The SMILES string of the molecule is COC1C[C@@]2(O)[C@H]3C(OC)[C@@H]1C[C@H]3[C@@]13C(O)CC[C@@]4(C)CN(OC)[C@@H]1[C@]2(O)C(OC)[C@H]43. The molecule has 176 valence electrons. The minimum atomic E-state index is -1.62. The van der Waals surface area contributed by atoms with Crippen LogP contribution < -0.4 is 0 Å². The van der Waals surface area contributed by atoms with Crippen molar-refractivity contribution in [2.75, 3.05) is 35.0 Å². The molecular weight excluding hydrogens is 402 g/mol. The molecule has 1 heterocycles. The summed E-state index contributed by atoms with van der Waals surface area (Å²) < 4.78 is 18.0. The van der Waals surface area contributed by atoms with Gasteiger partial charge in [-0.2, -0.15) is 5.06 Å². The summed E-state index contributed by atoms with van der Waals surface area (Å²) in [5.74, 6) is -0.255. The van der Waals surface area contributed by atoms with Gasteiger partial charge in [0, 0.05) is 57.5 Å². The zero-order valence-electron chi connectivity index (χ0n) is 19.2. The van der Waals surface area contributed by atoms with E-state index in [9.17, 15) is 15.3 Å². The molecule has 7 bridgehead atoms. The summed E-state index contributed by atoms with van der Waals surface area (Å²) in [4.78, 5) is 5.90. The maximum atomic E-state index is 12.7. The molecule has 13 atom stereocenters. The Hall–Kier alpha value is -0.320. The van der Waals surface area contributed by atoms with Gasteiger partial charge in [-0.05, 0) is 30.6 Å². The number of fused-ring (bicyclic) bond motifs is 2. The van der Waals surface area contributed by atoms with Crippen LogP contribution in [0.5, 0.6) is 0 Å². The van der Waals surface area contributed by atoms with Crippen molar-refractivity contribution in [3.63, 3.8) is 0 Å². The Kier molecular flexibility index (Phi) is 4.26. The molecule has 0 aromatic carbocycles. The van der Waals surface area contributed by atoms with Crippen molar-refractivity contribution in [3.8, 4) is 0 Å². The molecule has 4 unspecified atom stereocenters. The summed E-state index contributed by atoms with van der Waals surface area (Å²) in [7, 11) is 6.62. The van der Waals surface area contributed by atoms with Crippen LogP contribution in [-0.4, -0.2) is 97.0 Å². The molecule has 6 rings (SSSR count). The number of methoxy groups -OCH3 is 3. The largest absolute Gasteiger partial charge is 0.392 e. The van der Waals surface area contributed by atoms with Gasteiger partial charge in [0.05, 0.1) is 37.6 Å². The monoisotopic (exact) mass is 439 g/mol. The van der Waals surface area contributed by atoms with Crippen LogP contribution in [0, 0.1) is 34.5 Å². The molecule has 5 saturated carbocycles. The lowest BCUT2D eigenvalue weighted by molar-refractivity contribution is -0.360. The van der Waals surface area contributed by atoms with Crippen LogP contribution in [0.4, 0.5) is 0 Å². The van der Waals surface area contributed by atoms with E-state index in [4.69, 9.17) is 19.0 Å². The van der Waals surface area contributed by atoms with Gasteiger partial charge in [-0.1, -0.05) is 6.92 Å². The topological polar surface area (TPSA) is 101 Å². The fraction of sp³-hybridized carbons (Fsp3) is 1.00. The second-order valence-corrected chi connectivity index (χ2v) is 11.5. The lowest BCUT2D eigenvalue weighted by Crippen LogP contribution is -2.81. The van der Waals surface area contributed by atoms with Gasteiger partial charge in [0.2, 0.25) is 0 Å². The molecule has 8 nitrogen and oxygen atoms in total. The Morgan fingerprint density at radius 3 is 2.39 bits per heavy atom. The highest BCUT2D eigenvalue weighted by Crippen LogP contribution is 2.80. The van der Waals surface area contributed by atoms with Crippen molar-refractivity contribution in [3.05, 3.63) is 0 Å². The molecule has 6 fully saturated rings. The van der Waals surface area contributed by atoms with E-state index in [1.165, 1.54) is 0 Å². The second-order valence-electron chi connectivity index (χ2n) is 11.5. The highest BCUT2D eigenvalue weighted by atomic mass is 16.7. The number of aliphatic hydroxyl groups excluding tert-OH is 1. The summed E-state index contributed by atoms with van der Waals surface area (Å²) in [6, 6.07) is -0.554. The van der Waals surface area contributed by atoms with Crippen LogP contribution in [0.1, 0.15) is 32.6 Å². The molecule has 1 saturated heterocycles. The first-order valence-corrected chi connectivity index (χ1v) is 11.7. The number of aliphatic hydroxyl groups is 3. The zero-order valence-corrected chi connectivity index (χ0v) is 19.2. The number of hydrogen-bond donors (Lipinski definition) is 3. The Bertz CT molecular complexity index is 783. The van der Waals surface area contributed by atoms with Crippen molar-refractivity contribution < 1.29 is 34.4 Å². The molecule has 31 heavy (non-hydrogen) atoms. The molecule has 3 N–H and O–H groups in total. The Balaban J connectivity index is 1.68. The van der Waals surface area contributed by atoms with Crippen LogP contribution in [-0.2, 0) is 19.0 Å². The number of nitrogens with zero attached hydrogens (tertiary/aromatic N) is 1. The summed E-state index contributed by atoms with van der Waals surface area (Å²) in [6.07, 6.45) is 0.972. The van der Waals surface area contributed by atoms with E-state index in [1.54, 1.807) is 28.4 Å². The average Bonchev–Trinajstić information content (AvgIpc) is 3.17. The highest BCUT2D eigenvalue weighted by molar-refractivity contribution is 5.40. The average molecular weight is 440 g/mol. The third-order valence-electron chi connectivity index (χ3n) is 11.0. The molecule has 0 radical (unpaired) electrons. The van der Waals surface area contributed by atoms with Gasteiger partial charge in [-0.15, -0.1) is 0 Å². The van der Waals surface area contributed by atoms with E-state index in [-0.39, 0.29) is 41.3 Å². The van der Waals surface area contributed by atoms with E-state index in [1.807, 2.05) is 5.06 Å². The zero-order chi connectivity index (χ0) is 22.1. The highest BCUT2D eigenvalue weighted by Gasteiger charge is 2.91. The maximum Gasteiger partial charge on any atom is 0.138 e. The minimum Gasteiger partial charge on any atom is -0.392 e. The molecule has 6 aliphatic rings. The van der Waals surface area contributed by atoms with Gasteiger partial charge < -0.3 is 34.4 Å². The first-order chi connectivity index (χ1) is 14.7. The first kappa shape index (κ1) is 21.2. The number of hydrogen-bond acceptors (Lipinski definition) is 8. The van der Waals surface area contributed by atoms with Crippen molar-refractivity contribution in [2.45, 2.75) is 74.3 Å². The lowest BCUT2D eigenvalue weighted by Gasteiger charge is -2.68. The van der Waals surface area contributed by atoms with Crippen molar-refractivity contribution in [1.82, 2.24) is 5.06 Å². The normalized spacial score (nSPS) is 64.1. The Labute approximate surface area is 183 Å². The molecule has 8 heteroatoms. The molecule has 0 amide bonds. The van der Waals surface area contributed by atoms with Gasteiger partial charge in [0.15, 0.2) is 0 Å². The standard InChI is InChI=1S/C23H37NO7/c1-20-7-6-14(25)22-12-8-11-13(28-2)9-21(26,15(12)16(11)29-3)23(27,18(30-4)17(20)22)19(22)24(10-20)31-5/h11-19,25-27H,6-10H2,1-5H3/t11-,12-,13?,14?,15-,16?,17-,18?,19+,20+,21-,22+,23-/m1/s1. The van der Waals surface area contributed by atoms with Gasteiger partial charge in [0.1, 0.15) is 11.2 Å². The Morgan fingerprint density at radius 2 is 1.77 bits per heavy atom. The number of hydroxylamine groups is 2. The van der Waals surface area contributed by atoms with Gasteiger partial charge in [-0.3, -0.25) is 0 Å². The molecule has 0 aromatic heterocycles. The van der Waals surface area contributed by atoms with Crippen LogP contribution in [0.15, 0.2) is 0 Å². The summed E-state index contributed by atoms with van der Waals surface area (Å²) >= 11 is 0. The van der Waals surface area contributed by atoms with Crippen LogP contribution in [0.2, 0.25) is 0 Å². The smallest absolute Gasteiger partial charge is 0.138 e. The third-order valence-corrected chi connectivity index (χ3v) is 11.0. The first-order valence-electron chi connectivity index (χ1n) is 11.7.